The van der Waals surface area contributed by atoms with Crippen LogP contribution >= 0.6 is 11.6 Å². The molecule has 0 aliphatic heterocycles. The first-order chi connectivity index (χ1) is 9.63. The third kappa shape index (κ3) is 3.59. The monoisotopic (exact) mass is 291 g/mol. The summed E-state index contributed by atoms with van der Waals surface area (Å²) in [7, 11) is 1.93. The first-order valence-electron chi connectivity index (χ1n) is 6.84. The summed E-state index contributed by atoms with van der Waals surface area (Å²) in [6.07, 6.45) is 1.77. The molecule has 0 aliphatic carbocycles. The number of benzene rings is 2. The molecule has 0 radical (unpaired) electrons. The highest BCUT2D eigenvalue weighted by Crippen LogP contribution is 2.24. The van der Waals surface area contributed by atoms with Gasteiger partial charge in [0.1, 0.15) is 5.82 Å². The van der Waals surface area contributed by atoms with Gasteiger partial charge >= 0.3 is 0 Å². The minimum atomic E-state index is -0.299. The maximum absolute atomic E-state index is 13.1. The minimum Gasteiger partial charge on any atom is -0.313 e. The highest BCUT2D eigenvalue weighted by atomic mass is 35.5. The van der Waals surface area contributed by atoms with E-state index in [-0.39, 0.29) is 11.9 Å². The van der Waals surface area contributed by atoms with Gasteiger partial charge in [-0.25, -0.2) is 4.39 Å². The molecular formula is C17H19ClFN. The second kappa shape index (κ2) is 6.87. The smallest absolute Gasteiger partial charge is 0.124 e. The number of likely N-dealkylation sites (N-methyl/N-ethyl adjacent to an activating group) is 1. The minimum absolute atomic E-state index is 0.170. The molecule has 2 aromatic rings. The van der Waals surface area contributed by atoms with Crippen molar-refractivity contribution in [3.05, 3.63) is 70.0 Å². The van der Waals surface area contributed by atoms with Crippen LogP contribution in [0.1, 0.15) is 29.7 Å². The lowest BCUT2D eigenvalue weighted by molar-refractivity contribution is 0.589. The summed E-state index contributed by atoms with van der Waals surface area (Å²) in [5, 5.41) is 3.78. The average Bonchev–Trinajstić information content (AvgIpc) is 2.47. The molecule has 0 spiro atoms. The molecule has 0 saturated heterocycles. The van der Waals surface area contributed by atoms with Gasteiger partial charge in [0.25, 0.3) is 0 Å². The predicted molar refractivity (Wildman–Crippen MR) is 82.7 cm³/mol. The van der Waals surface area contributed by atoms with E-state index in [1.807, 2.05) is 7.05 Å². The SMILES string of the molecule is CCc1ccc(C(Cc2ccc(F)cc2Cl)NC)cc1. The predicted octanol–water partition coefficient (Wildman–Crippen LogP) is 4.54. The zero-order valence-corrected chi connectivity index (χ0v) is 12.5. The number of halogens is 2. The fourth-order valence-corrected chi connectivity index (χ4v) is 2.52. The molecule has 0 aliphatic rings. The first kappa shape index (κ1) is 15.0. The van der Waals surface area contributed by atoms with Crippen LogP contribution in [0.3, 0.4) is 0 Å². The molecule has 2 rings (SSSR count). The quantitative estimate of drug-likeness (QED) is 0.852. The number of nitrogens with one attached hydrogen (secondary N) is 1. The molecule has 1 unspecified atom stereocenters. The third-order valence-corrected chi connectivity index (χ3v) is 3.93. The number of rotatable bonds is 5. The van der Waals surface area contributed by atoms with Gasteiger partial charge in [0.2, 0.25) is 0 Å². The average molecular weight is 292 g/mol. The van der Waals surface area contributed by atoms with Gasteiger partial charge in [0.05, 0.1) is 0 Å². The third-order valence-electron chi connectivity index (χ3n) is 3.58. The van der Waals surface area contributed by atoms with Gasteiger partial charge in [-0.3, -0.25) is 0 Å². The van der Waals surface area contributed by atoms with Crippen LogP contribution in [-0.2, 0) is 12.8 Å². The van der Waals surface area contributed by atoms with Crippen molar-refractivity contribution in [3.8, 4) is 0 Å². The second-order valence-electron chi connectivity index (χ2n) is 4.88. The fraction of sp³-hybridized carbons (Fsp3) is 0.294. The number of aryl methyl sites for hydroxylation is 1. The zero-order valence-electron chi connectivity index (χ0n) is 11.8. The van der Waals surface area contributed by atoms with Crippen LogP contribution in [0.2, 0.25) is 5.02 Å². The maximum Gasteiger partial charge on any atom is 0.124 e. The van der Waals surface area contributed by atoms with Crippen molar-refractivity contribution in [2.45, 2.75) is 25.8 Å². The highest BCUT2D eigenvalue weighted by Gasteiger charge is 2.12. The van der Waals surface area contributed by atoms with Crippen molar-refractivity contribution in [2.75, 3.05) is 7.05 Å². The summed E-state index contributed by atoms with van der Waals surface area (Å²) in [6, 6.07) is 13.3. The van der Waals surface area contributed by atoms with Crippen molar-refractivity contribution in [3.63, 3.8) is 0 Å². The summed E-state index contributed by atoms with van der Waals surface area (Å²) in [6.45, 7) is 2.14. The standard InChI is InChI=1S/C17H19ClFN/c1-3-12-4-6-13(7-5-12)17(20-2)10-14-8-9-15(19)11-16(14)18/h4-9,11,17,20H,3,10H2,1-2H3. The van der Waals surface area contributed by atoms with E-state index in [0.717, 1.165) is 18.4 Å². The highest BCUT2D eigenvalue weighted by molar-refractivity contribution is 6.31. The normalized spacial score (nSPS) is 12.4. The summed E-state index contributed by atoms with van der Waals surface area (Å²) >= 11 is 6.10. The van der Waals surface area contributed by atoms with Gasteiger partial charge in [0, 0.05) is 11.1 Å². The second-order valence-corrected chi connectivity index (χ2v) is 5.28. The Morgan fingerprint density at radius 3 is 2.40 bits per heavy atom. The van der Waals surface area contributed by atoms with Gasteiger partial charge in [-0.05, 0) is 48.7 Å². The Bertz CT molecular complexity index is 566. The molecule has 0 fully saturated rings. The Morgan fingerprint density at radius 1 is 1.15 bits per heavy atom. The van der Waals surface area contributed by atoms with Gasteiger partial charge in [-0.1, -0.05) is 48.9 Å². The van der Waals surface area contributed by atoms with Crippen molar-refractivity contribution in [2.24, 2.45) is 0 Å². The Hall–Kier alpha value is -1.38. The van der Waals surface area contributed by atoms with E-state index in [1.54, 1.807) is 6.07 Å². The Kier molecular flexibility index (Phi) is 5.16. The van der Waals surface area contributed by atoms with Crippen LogP contribution in [-0.4, -0.2) is 7.05 Å². The van der Waals surface area contributed by atoms with Crippen LogP contribution in [0.15, 0.2) is 42.5 Å². The van der Waals surface area contributed by atoms with Crippen LogP contribution < -0.4 is 5.32 Å². The van der Waals surface area contributed by atoms with Crippen LogP contribution in [0.25, 0.3) is 0 Å². The van der Waals surface area contributed by atoms with Crippen LogP contribution in [0.5, 0.6) is 0 Å². The lowest BCUT2D eigenvalue weighted by atomic mass is 9.97. The van der Waals surface area contributed by atoms with E-state index in [9.17, 15) is 4.39 Å². The van der Waals surface area contributed by atoms with E-state index in [4.69, 9.17) is 11.6 Å². The largest absolute Gasteiger partial charge is 0.313 e. The molecule has 0 heterocycles. The van der Waals surface area contributed by atoms with Crippen molar-refractivity contribution in [1.82, 2.24) is 5.32 Å². The molecule has 20 heavy (non-hydrogen) atoms. The number of hydrogen-bond acceptors (Lipinski definition) is 1. The molecule has 0 aromatic heterocycles. The lowest BCUT2D eigenvalue weighted by Crippen LogP contribution is -2.19. The van der Waals surface area contributed by atoms with E-state index in [1.165, 1.54) is 23.3 Å². The Balaban J connectivity index is 2.19. The molecule has 3 heteroatoms. The van der Waals surface area contributed by atoms with E-state index < -0.39 is 0 Å². The van der Waals surface area contributed by atoms with Crippen LogP contribution in [0.4, 0.5) is 4.39 Å². The van der Waals surface area contributed by atoms with Crippen LogP contribution in [0, 0.1) is 5.82 Å². The molecule has 106 valence electrons. The van der Waals surface area contributed by atoms with E-state index >= 15 is 0 Å². The zero-order chi connectivity index (χ0) is 14.5. The van der Waals surface area contributed by atoms with Gasteiger partial charge in [0.15, 0.2) is 0 Å². The van der Waals surface area contributed by atoms with Crippen molar-refractivity contribution >= 4 is 11.6 Å². The molecule has 2 aromatic carbocycles. The Morgan fingerprint density at radius 2 is 1.85 bits per heavy atom. The molecule has 1 nitrogen and oxygen atoms in total. The van der Waals surface area contributed by atoms with Gasteiger partial charge < -0.3 is 5.32 Å². The van der Waals surface area contributed by atoms with E-state index in [2.05, 4.69) is 36.5 Å². The lowest BCUT2D eigenvalue weighted by Gasteiger charge is -2.18. The number of hydrogen-bond donors (Lipinski definition) is 1. The summed E-state index contributed by atoms with van der Waals surface area (Å²) < 4.78 is 13.1. The first-order valence-corrected chi connectivity index (χ1v) is 7.22. The molecule has 0 bridgehead atoms. The summed E-state index contributed by atoms with van der Waals surface area (Å²) in [5.74, 6) is -0.299. The Labute approximate surface area is 124 Å². The van der Waals surface area contributed by atoms with E-state index in [0.29, 0.717) is 5.02 Å². The topological polar surface area (TPSA) is 12.0 Å². The van der Waals surface area contributed by atoms with Gasteiger partial charge in [-0.2, -0.15) is 0 Å². The molecule has 1 atom stereocenters. The maximum atomic E-state index is 13.1. The van der Waals surface area contributed by atoms with Gasteiger partial charge in [-0.15, -0.1) is 0 Å². The molecular weight excluding hydrogens is 273 g/mol. The molecule has 0 amide bonds. The molecule has 0 saturated carbocycles. The van der Waals surface area contributed by atoms with Crippen molar-refractivity contribution < 1.29 is 4.39 Å². The summed E-state index contributed by atoms with van der Waals surface area (Å²) in [5.41, 5.74) is 3.49. The summed E-state index contributed by atoms with van der Waals surface area (Å²) in [4.78, 5) is 0. The van der Waals surface area contributed by atoms with Crippen molar-refractivity contribution in [1.29, 1.82) is 0 Å². The fourth-order valence-electron chi connectivity index (χ4n) is 2.28. The molecule has 1 N–H and O–H groups in total.